The molecular formula is C13H17N3O2S2. The van der Waals surface area contributed by atoms with Crippen LogP contribution in [0.2, 0.25) is 0 Å². The van der Waals surface area contributed by atoms with Gasteiger partial charge in [-0.05, 0) is 6.92 Å². The van der Waals surface area contributed by atoms with Crippen LogP contribution in [0.5, 0.6) is 0 Å². The summed E-state index contributed by atoms with van der Waals surface area (Å²) in [5.41, 5.74) is 2.19. The first-order valence-corrected chi connectivity index (χ1v) is 9.18. The van der Waals surface area contributed by atoms with Crippen LogP contribution in [0.25, 0.3) is 11.4 Å². The molecule has 0 fully saturated rings. The number of nitrogens with zero attached hydrogens (tertiary/aromatic N) is 3. The zero-order valence-corrected chi connectivity index (χ0v) is 13.3. The first-order valence-electron chi connectivity index (χ1n) is 6.14. The van der Waals surface area contributed by atoms with E-state index in [0.29, 0.717) is 5.75 Å². The predicted molar refractivity (Wildman–Crippen MR) is 81.6 cm³/mol. The lowest BCUT2D eigenvalue weighted by molar-refractivity contribution is 0.603. The number of rotatable bonds is 5. The molecule has 0 amide bonds. The van der Waals surface area contributed by atoms with Gasteiger partial charge in [0.2, 0.25) is 0 Å². The highest BCUT2D eigenvalue weighted by Crippen LogP contribution is 2.22. The maximum atomic E-state index is 11.1. The van der Waals surface area contributed by atoms with Gasteiger partial charge in [-0.1, -0.05) is 41.6 Å². The lowest BCUT2D eigenvalue weighted by atomic mass is 10.1. The Hall–Kier alpha value is -1.34. The largest absolute Gasteiger partial charge is 0.305 e. The molecule has 0 saturated heterocycles. The van der Waals surface area contributed by atoms with Gasteiger partial charge in [0, 0.05) is 24.6 Å². The Kier molecular flexibility index (Phi) is 4.49. The molecule has 0 bridgehead atoms. The zero-order valence-electron chi connectivity index (χ0n) is 11.7. The molecule has 5 nitrogen and oxygen atoms in total. The van der Waals surface area contributed by atoms with Crippen LogP contribution >= 0.6 is 11.8 Å². The molecular weight excluding hydrogens is 294 g/mol. The number of thioether (sulfide) groups is 1. The standard InChI is InChI=1S/C13H17N3O2S2/c1-10-4-6-11(7-5-10)12-14-15-13(16(12)2)19-8-9-20(3,17)18/h4-7H,8-9H2,1-3H3. The fourth-order valence-electron chi connectivity index (χ4n) is 1.68. The molecule has 20 heavy (non-hydrogen) atoms. The summed E-state index contributed by atoms with van der Waals surface area (Å²) in [5, 5.41) is 9.01. The summed E-state index contributed by atoms with van der Waals surface area (Å²) in [5.74, 6) is 1.41. The molecule has 2 rings (SSSR count). The number of sulfone groups is 1. The number of benzene rings is 1. The molecule has 7 heteroatoms. The topological polar surface area (TPSA) is 64.8 Å². The van der Waals surface area contributed by atoms with Crippen LogP contribution in [0.15, 0.2) is 29.4 Å². The number of aryl methyl sites for hydroxylation is 1. The summed E-state index contributed by atoms with van der Waals surface area (Å²) >= 11 is 1.40. The van der Waals surface area contributed by atoms with Crippen molar-refractivity contribution in [2.45, 2.75) is 12.1 Å². The van der Waals surface area contributed by atoms with Crippen LogP contribution in [0, 0.1) is 6.92 Å². The van der Waals surface area contributed by atoms with Crippen molar-refractivity contribution >= 4 is 21.6 Å². The average molecular weight is 311 g/mol. The zero-order chi connectivity index (χ0) is 14.8. The van der Waals surface area contributed by atoms with Crippen LogP contribution in [0.3, 0.4) is 0 Å². The summed E-state index contributed by atoms with van der Waals surface area (Å²) < 4.78 is 24.1. The average Bonchev–Trinajstić information content (AvgIpc) is 2.71. The van der Waals surface area contributed by atoms with Gasteiger partial charge < -0.3 is 4.57 Å². The SMILES string of the molecule is Cc1ccc(-c2nnc(SCCS(C)(=O)=O)n2C)cc1. The van der Waals surface area contributed by atoms with Gasteiger partial charge in [-0.25, -0.2) is 8.42 Å². The third kappa shape index (κ3) is 3.83. The second-order valence-electron chi connectivity index (χ2n) is 4.71. The van der Waals surface area contributed by atoms with E-state index in [1.807, 2.05) is 42.8 Å². The predicted octanol–water partition coefficient (Wildman–Crippen LogP) is 1.93. The Bertz CT molecular complexity index is 691. The normalized spacial score (nSPS) is 11.8. The Morgan fingerprint density at radius 3 is 2.45 bits per heavy atom. The van der Waals surface area contributed by atoms with E-state index < -0.39 is 9.84 Å². The molecule has 1 aromatic heterocycles. The Morgan fingerprint density at radius 1 is 1.20 bits per heavy atom. The van der Waals surface area contributed by atoms with Crippen LogP contribution in [0.4, 0.5) is 0 Å². The first-order chi connectivity index (χ1) is 9.37. The summed E-state index contributed by atoms with van der Waals surface area (Å²) in [6.45, 7) is 2.03. The van der Waals surface area contributed by atoms with E-state index >= 15 is 0 Å². The first kappa shape index (κ1) is 15.1. The molecule has 0 radical (unpaired) electrons. The minimum atomic E-state index is -2.94. The van der Waals surface area contributed by atoms with Crippen molar-refractivity contribution in [3.05, 3.63) is 29.8 Å². The smallest absolute Gasteiger partial charge is 0.191 e. The summed E-state index contributed by atoms with van der Waals surface area (Å²) in [7, 11) is -1.05. The number of aromatic nitrogens is 3. The molecule has 0 atom stereocenters. The van der Waals surface area contributed by atoms with E-state index in [9.17, 15) is 8.42 Å². The molecule has 0 N–H and O–H groups in total. The van der Waals surface area contributed by atoms with Crippen LogP contribution in [-0.2, 0) is 16.9 Å². The second-order valence-corrected chi connectivity index (χ2v) is 8.03. The highest BCUT2D eigenvalue weighted by molar-refractivity contribution is 8.00. The van der Waals surface area contributed by atoms with E-state index in [0.717, 1.165) is 16.5 Å². The third-order valence-electron chi connectivity index (χ3n) is 2.83. The van der Waals surface area contributed by atoms with E-state index in [1.54, 1.807) is 0 Å². The van der Waals surface area contributed by atoms with Gasteiger partial charge in [0.1, 0.15) is 9.84 Å². The molecule has 1 aromatic carbocycles. The van der Waals surface area contributed by atoms with Gasteiger partial charge in [0.05, 0.1) is 5.75 Å². The summed E-state index contributed by atoms with van der Waals surface area (Å²) in [6, 6.07) is 8.07. The van der Waals surface area contributed by atoms with Gasteiger partial charge in [-0.3, -0.25) is 0 Å². The number of hydrogen-bond donors (Lipinski definition) is 0. The minimum Gasteiger partial charge on any atom is -0.305 e. The van der Waals surface area contributed by atoms with Crippen molar-refractivity contribution in [1.29, 1.82) is 0 Å². The van der Waals surface area contributed by atoms with Crippen LogP contribution in [-0.4, -0.2) is 40.9 Å². The molecule has 2 aromatic rings. The van der Waals surface area contributed by atoms with Gasteiger partial charge >= 0.3 is 0 Å². The van der Waals surface area contributed by atoms with E-state index in [-0.39, 0.29) is 5.75 Å². The number of hydrogen-bond acceptors (Lipinski definition) is 5. The summed E-state index contributed by atoms with van der Waals surface area (Å²) in [4.78, 5) is 0. The highest BCUT2D eigenvalue weighted by Gasteiger charge is 2.12. The van der Waals surface area contributed by atoms with Gasteiger partial charge in [0.15, 0.2) is 11.0 Å². The van der Waals surface area contributed by atoms with Crippen molar-refractivity contribution in [3.63, 3.8) is 0 Å². The fraction of sp³-hybridized carbons (Fsp3) is 0.385. The van der Waals surface area contributed by atoms with Crippen LogP contribution < -0.4 is 0 Å². The molecule has 0 spiro atoms. The lowest BCUT2D eigenvalue weighted by Crippen LogP contribution is -2.05. The quantitative estimate of drug-likeness (QED) is 0.789. The fourth-order valence-corrected chi connectivity index (χ4v) is 3.78. The van der Waals surface area contributed by atoms with Gasteiger partial charge in [-0.2, -0.15) is 0 Å². The highest BCUT2D eigenvalue weighted by atomic mass is 32.2. The Morgan fingerprint density at radius 2 is 1.85 bits per heavy atom. The van der Waals surface area contributed by atoms with Gasteiger partial charge in [0.25, 0.3) is 0 Å². The van der Waals surface area contributed by atoms with Crippen molar-refractivity contribution in [1.82, 2.24) is 14.8 Å². The second kappa shape index (κ2) is 5.97. The van der Waals surface area contributed by atoms with Crippen molar-refractivity contribution < 1.29 is 8.42 Å². The van der Waals surface area contributed by atoms with E-state index in [2.05, 4.69) is 10.2 Å². The molecule has 0 aliphatic carbocycles. The molecule has 0 saturated carbocycles. The Labute approximate surface area is 123 Å². The minimum absolute atomic E-state index is 0.143. The lowest BCUT2D eigenvalue weighted by Gasteiger charge is -2.04. The molecule has 0 aliphatic heterocycles. The molecule has 0 aliphatic rings. The van der Waals surface area contributed by atoms with E-state index in [4.69, 9.17) is 0 Å². The van der Waals surface area contributed by atoms with Crippen molar-refractivity contribution in [2.24, 2.45) is 7.05 Å². The third-order valence-corrected chi connectivity index (χ3v) is 5.06. The monoisotopic (exact) mass is 311 g/mol. The van der Waals surface area contributed by atoms with Crippen molar-refractivity contribution in [3.8, 4) is 11.4 Å². The Balaban J connectivity index is 2.13. The molecule has 1 heterocycles. The maximum absolute atomic E-state index is 11.1. The van der Waals surface area contributed by atoms with Crippen molar-refractivity contribution in [2.75, 3.05) is 17.8 Å². The maximum Gasteiger partial charge on any atom is 0.191 e. The molecule has 0 unspecified atom stereocenters. The molecule has 108 valence electrons. The van der Waals surface area contributed by atoms with Gasteiger partial charge in [-0.15, -0.1) is 10.2 Å². The summed E-state index contributed by atoms with van der Waals surface area (Å²) in [6.07, 6.45) is 1.24. The van der Waals surface area contributed by atoms with Crippen LogP contribution in [0.1, 0.15) is 5.56 Å². The van der Waals surface area contributed by atoms with E-state index in [1.165, 1.54) is 23.6 Å².